The molecule has 4 aromatic heterocycles. The van der Waals surface area contributed by atoms with Gasteiger partial charge >= 0.3 is 0 Å². The first-order valence-electron chi connectivity index (χ1n) is 8.27. The standard InChI is InChI=1S/C17H18N8O/c1-12(2)24-10-14(8-19-24)13-4-5-15-20-17(22-25(15)9-13)21-16(26)11-23-7-3-6-18-23/h3-10,12H,11H2,1-2H3,(H,21,22,26). The number of carbonyl (C=O) groups is 1. The zero-order valence-corrected chi connectivity index (χ0v) is 14.4. The van der Waals surface area contributed by atoms with Crippen LogP contribution < -0.4 is 5.32 Å². The molecule has 9 nitrogen and oxygen atoms in total. The van der Waals surface area contributed by atoms with Gasteiger partial charge in [-0.25, -0.2) is 4.52 Å². The zero-order chi connectivity index (χ0) is 18.1. The number of pyridine rings is 1. The summed E-state index contributed by atoms with van der Waals surface area (Å²) in [6.07, 6.45) is 9.03. The topological polar surface area (TPSA) is 94.9 Å². The van der Waals surface area contributed by atoms with E-state index in [0.29, 0.717) is 11.7 Å². The van der Waals surface area contributed by atoms with Crippen LogP contribution in [0.25, 0.3) is 16.8 Å². The van der Waals surface area contributed by atoms with Gasteiger partial charge in [0.15, 0.2) is 5.65 Å². The van der Waals surface area contributed by atoms with Gasteiger partial charge in [-0.3, -0.25) is 19.5 Å². The van der Waals surface area contributed by atoms with Crippen molar-refractivity contribution in [3.8, 4) is 11.1 Å². The first-order chi connectivity index (χ1) is 12.6. The average molecular weight is 350 g/mol. The number of aromatic nitrogens is 7. The van der Waals surface area contributed by atoms with Gasteiger partial charge in [0.2, 0.25) is 11.9 Å². The first-order valence-corrected chi connectivity index (χ1v) is 8.27. The largest absolute Gasteiger partial charge is 0.292 e. The van der Waals surface area contributed by atoms with Crippen molar-refractivity contribution in [1.29, 1.82) is 0 Å². The highest BCUT2D eigenvalue weighted by atomic mass is 16.2. The summed E-state index contributed by atoms with van der Waals surface area (Å²) >= 11 is 0. The van der Waals surface area contributed by atoms with Crippen molar-refractivity contribution in [2.75, 3.05) is 5.32 Å². The molecular formula is C17H18N8O. The van der Waals surface area contributed by atoms with Gasteiger partial charge in [0.1, 0.15) is 6.54 Å². The number of rotatable bonds is 5. The minimum Gasteiger partial charge on any atom is -0.292 e. The molecule has 0 aliphatic carbocycles. The van der Waals surface area contributed by atoms with Crippen LogP contribution in [0, 0.1) is 0 Å². The summed E-state index contributed by atoms with van der Waals surface area (Å²) in [6, 6.07) is 5.88. The molecule has 0 atom stereocenters. The number of carbonyl (C=O) groups excluding carboxylic acids is 1. The maximum absolute atomic E-state index is 12.0. The van der Waals surface area contributed by atoms with Crippen LogP contribution >= 0.6 is 0 Å². The third-order valence-corrected chi connectivity index (χ3v) is 3.91. The molecule has 1 amide bonds. The van der Waals surface area contributed by atoms with Crippen molar-refractivity contribution in [3.63, 3.8) is 0 Å². The summed E-state index contributed by atoms with van der Waals surface area (Å²) in [6.45, 7) is 4.27. The lowest BCUT2D eigenvalue weighted by atomic mass is 10.2. The van der Waals surface area contributed by atoms with Gasteiger partial charge in [0, 0.05) is 42.0 Å². The van der Waals surface area contributed by atoms with Crippen LogP contribution in [0.2, 0.25) is 0 Å². The quantitative estimate of drug-likeness (QED) is 0.594. The molecule has 4 rings (SSSR count). The Kier molecular flexibility index (Phi) is 3.96. The van der Waals surface area contributed by atoms with Crippen LogP contribution in [0.5, 0.6) is 0 Å². The molecule has 0 bridgehead atoms. The Hall–Kier alpha value is -3.49. The van der Waals surface area contributed by atoms with E-state index in [1.807, 2.05) is 35.4 Å². The van der Waals surface area contributed by atoms with Gasteiger partial charge in [0.05, 0.1) is 6.20 Å². The average Bonchev–Trinajstić information content (AvgIpc) is 3.34. The molecular weight excluding hydrogens is 332 g/mol. The normalized spacial score (nSPS) is 11.3. The Labute approximate surface area is 149 Å². The van der Waals surface area contributed by atoms with E-state index in [4.69, 9.17) is 0 Å². The second-order valence-electron chi connectivity index (χ2n) is 6.21. The number of hydrogen-bond acceptors (Lipinski definition) is 5. The third-order valence-electron chi connectivity index (χ3n) is 3.91. The van der Waals surface area contributed by atoms with E-state index in [1.54, 1.807) is 23.0 Å². The molecule has 0 radical (unpaired) electrons. The highest BCUT2D eigenvalue weighted by molar-refractivity contribution is 5.88. The van der Waals surface area contributed by atoms with Crippen LogP contribution in [0.3, 0.4) is 0 Å². The summed E-state index contributed by atoms with van der Waals surface area (Å²) in [7, 11) is 0. The molecule has 4 aromatic rings. The van der Waals surface area contributed by atoms with Crippen LogP contribution in [-0.4, -0.2) is 40.1 Å². The lowest BCUT2D eigenvalue weighted by molar-refractivity contribution is -0.116. The van der Waals surface area contributed by atoms with Gasteiger partial charge < -0.3 is 0 Å². The predicted octanol–water partition coefficient (Wildman–Crippen LogP) is 2.01. The molecule has 0 spiro atoms. The summed E-state index contributed by atoms with van der Waals surface area (Å²) in [5, 5.41) is 15.4. The van der Waals surface area contributed by atoms with E-state index >= 15 is 0 Å². The van der Waals surface area contributed by atoms with Crippen LogP contribution in [0.15, 0.2) is 49.2 Å². The molecule has 0 saturated heterocycles. The lowest BCUT2D eigenvalue weighted by Gasteiger charge is -2.03. The fourth-order valence-corrected chi connectivity index (χ4v) is 2.58. The van der Waals surface area contributed by atoms with Crippen molar-refractivity contribution in [2.24, 2.45) is 0 Å². The van der Waals surface area contributed by atoms with Gasteiger partial charge in [-0.2, -0.15) is 15.2 Å². The highest BCUT2D eigenvalue weighted by Gasteiger charge is 2.10. The van der Waals surface area contributed by atoms with Crippen molar-refractivity contribution >= 4 is 17.5 Å². The third kappa shape index (κ3) is 3.18. The summed E-state index contributed by atoms with van der Waals surface area (Å²) < 4.78 is 5.09. The molecule has 4 heterocycles. The molecule has 1 N–H and O–H groups in total. The number of nitrogens with zero attached hydrogens (tertiary/aromatic N) is 7. The lowest BCUT2D eigenvalue weighted by Crippen LogP contribution is -2.19. The second kappa shape index (κ2) is 6.43. The van der Waals surface area contributed by atoms with E-state index in [9.17, 15) is 4.79 Å². The maximum atomic E-state index is 12.0. The fourth-order valence-electron chi connectivity index (χ4n) is 2.58. The van der Waals surface area contributed by atoms with Crippen molar-refractivity contribution in [1.82, 2.24) is 34.2 Å². The van der Waals surface area contributed by atoms with Crippen LogP contribution in [-0.2, 0) is 11.3 Å². The van der Waals surface area contributed by atoms with Crippen molar-refractivity contribution < 1.29 is 4.79 Å². The smallest absolute Gasteiger partial charge is 0.249 e. The number of fused-ring (bicyclic) bond motifs is 1. The van der Waals surface area contributed by atoms with Crippen molar-refractivity contribution in [2.45, 2.75) is 26.4 Å². The SMILES string of the molecule is CC(C)n1cc(-c2ccc3nc(NC(=O)Cn4cccn4)nn3c2)cn1. The molecule has 0 unspecified atom stereocenters. The Balaban J connectivity index is 1.54. The summed E-state index contributed by atoms with van der Waals surface area (Å²) in [5.41, 5.74) is 2.63. The number of hydrogen-bond donors (Lipinski definition) is 1. The Morgan fingerprint density at radius 3 is 2.81 bits per heavy atom. The summed E-state index contributed by atoms with van der Waals surface area (Å²) in [5.74, 6) is 0.0280. The molecule has 0 saturated carbocycles. The summed E-state index contributed by atoms with van der Waals surface area (Å²) in [4.78, 5) is 16.4. The number of amides is 1. The molecule has 0 aliphatic heterocycles. The molecule has 0 aromatic carbocycles. The second-order valence-corrected chi connectivity index (χ2v) is 6.21. The Morgan fingerprint density at radius 2 is 2.08 bits per heavy atom. The Morgan fingerprint density at radius 1 is 1.19 bits per heavy atom. The van der Waals surface area contributed by atoms with Gasteiger partial charge in [-0.05, 0) is 32.0 Å². The predicted molar refractivity (Wildman–Crippen MR) is 95.4 cm³/mol. The number of nitrogens with one attached hydrogen (secondary N) is 1. The minimum absolute atomic E-state index is 0.113. The minimum atomic E-state index is -0.233. The first kappa shape index (κ1) is 16.0. The van der Waals surface area contributed by atoms with E-state index in [0.717, 1.165) is 11.1 Å². The van der Waals surface area contributed by atoms with Gasteiger partial charge in [-0.15, -0.1) is 5.10 Å². The zero-order valence-electron chi connectivity index (χ0n) is 14.4. The number of anilines is 1. The van der Waals surface area contributed by atoms with Crippen LogP contribution in [0.4, 0.5) is 5.95 Å². The van der Waals surface area contributed by atoms with Gasteiger partial charge in [0.25, 0.3) is 0 Å². The van der Waals surface area contributed by atoms with E-state index in [1.165, 1.54) is 4.68 Å². The molecule has 0 aliphatic rings. The monoisotopic (exact) mass is 350 g/mol. The Bertz CT molecular complexity index is 1040. The molecule has 26 heavy (non-hydrogen) atoms. The maximum Gasteiger partial charge on any atom is 0.249 e. The van der Waals surface area contributed by atoms with E-state index in [2.05, 4.69) is 39.4 Å². The van der Waals surface area contributed by atoms with Gasteiger partial charge in [-0.1, -0.05) is 0 Å². The van der Waals surface area contributed by atoms with Crippen LogP contribution in [0.1, 0.15) is 19.9 Å². The van der Waals surface area contributed by atoms with Crippen molar-refractivity contribution in [3.05, 3.63) is 49.2 Å². The van der Waals surface area contributed by atoms with E-state index < -0.39 is 0 Å². The molecule has 0 fully saturated rings. The van der Waals surface area contributed by atoms with E-state index in [-0.39, 0.29) is 18.4 Å². The molecule has 9 heteroatoms. The highest BCUT2D eigenvalue weighted by Crippen LogP contribution is 2.20. The molecule has 132 valence electrons. The fraction of sp³-hybridized carbons (Fsp3) is 0.235.